The van der Waals surface area contributed by atoms with E-state index in [1.165, 1.54) is 6.92 Å². The average molecular weight is 255 g/mol. The Morgan fingerprint density at radius 2 is 2.06 bits per heavy atom. The fourth-order valence-electron chi connectivity index (χ4n) is 2.72. The van der Waals surface area contributed by atoms with Crippen molar-refractivity contribution in [3.05, 3.63) is 0 Å². The summed E-state index contributed by atoms with van der Waals surface area (Å²) in [6.45, 7) is 6.64. The summed E-state index contributed by atoms with van der Waals surface area (Å²) in [4.78, 5) is 34.7. The van der Waals surface area contributed by atoms with E-state index < -0.39 is 35.6 Å². The van der Waals surface area contributed by atoms with Crippen molar-refractivity contribution >= 4 is 17.8 Å². The van der Waals surface area contributed by atoms with Gasteiger partial charge in [0.25, 0.3) is 0 Å². The Kier molecular flexibility index (Phi) is 2.83. The molecule has 0 unspecified atom stereocenters. The van der Waals surface area contributed by atoms with Crippen LogP contribution in [0, 0.1) is 11.8 Å². The van der Waals surface area contributed by atoms with Crippen LogP contribution in [-0.2, 0) is 23.9 Å². The van der Waals surface area contributed by atoms with Crippen LogP contribution in [0.25, 0.3) is 0 Å². The molecule has 0 aliphatic carbocycles. The molecule has 0 spiro atoms. The molecular weight excluding hydrogens is 238 g/mol. The summed E-state index contributed by atoms with van der Waals surface area (Å²) in [5.74, 6) is -1.77. The Morgan fingerprint density at radius 3 is 2.44 bits per heavy atom. The minimum absolute atomic E-state index is 0.102. The first kappa shape index (κ1) is 12.9. The maximum absolute atomic E-state index is 11.8. The minimum Gasteiger partial charge on any atom is -0.459 e. The molecule has 0 radical (unpaired) electrons. The Morgan fingerprint density at radius 1 is 1.44 bits per heavy atom. The van der Waals surface area contributed by atoms with E-state index in [0.717, 1.165) is 0 Å². The van der Waals surface area contributed by atoms with E-state index in [9.17, 15) is 14.4 Å². The van der Waals surface area contributed by atoms with Crippen molar-refractivity contribution in [1.29, 1.82) is 0 Å². The summed E-state index contributed by atoms with van der Waals surface area (Å²) in [5, 5.41) is 2.66. The molecule has 18 heavy (non-hydrogen) atoms. The van der Waals surface area contributed by atoms with Crippen LogP contribution in [0.4, 0.5) is 0 Å². The standard InChI is InChI=1S/C12H17NO5/c1-5(2)8(17-7(4)14)12-9(18-11(12)16)6(3)10(15)13-12/h5-6,8-9H,1-4H3,(H,13,15)/t6-,8+,9+,12-/m1/s1. The molecule has 100 valence electrons. The van der Waals surface area contributed by atoms with Crippen molar-refractivity contribution < 1.29 is 23.9 Å². The zero-order chi connectivity index (χ0) is 13.7. The third kappa shape index (κ3) is 1.51. The molecule has 1 N–H and O–H groups in total. The Hall–Kier alpha value is -1.59. The van der Waals surface area contributed by atoms with E-state index in [1.54, 1.807) is 6.92 Å². The molecule has 2 fully saturated rings. The van der Waals surface area contributed by atoms with E-state index in [2.05, 4.69) is 5.32 Å². The number of fused-ring (bicyclic) bond motifs is 1. The second kappa shape index (κ2) is 3.96. The number of esters is 2. The summed E-state index contributed by atoms with van der Waals surface area (Å²) in [6.07, 6.45) is -1.25. The number of nitrogens with one attached hydrogen (secondary N) is 1. The van der Waals surface area contributed by atoms with Gasteiger partial charge >= 0.3 is 11.9 Å². The number of ether oxygens (including phenoxy) is 2. The number of rotatable bonds is 3. The fourth-order valence-corrected chi connectivity index (χ4v) is 2.72. The largest absolute Gasteiger partial charge is 0.459 e. The lowest BCUT2D eigenvalue weighted by Gasteiger charge is -2.47. The van der Waals surface area contributed by atoms with Crippen molar-refractivity contribution in [3.8, 4) is 0 Å². The summed E-state index contributed by atoms with van der Waals surface area (Å²) < 4.78 is 10.3. The van der Waals surface area contributed by atoms with E-state index in [1.807, 2.05) is 13.8 Å². The molecular formula is C12H17NO5. The highest BCUT2D eigenvalue weighted by Gasteiger charge is 2.72. The fraction of sp³-hybridized carbons (Fsp3) is 0.750. The Bertz CT molecular complexity index is 419. The first-order chi connectivity index (χ1) is 8.30. The highest BCUT2D eigenvalue weighted by atomic mass is 16.6. The van der Waals surface area contributed by atoms with Gasteiger partial charge in [0.1, 0.15) is 6.10 Å². The van der Waals surface area contributed by atoms with Gasteiger partial charge in [0.05, 0.1) is 5.92 Å². The Balaban J connectivity index is 2.35. The smallest absolute Gasteiger partial charge is 0.340 e. The molecule has 0 aromatic heterocycles. The Labute approximate surface area is 105 Å². The van der Waals surface area contributed by atoms with E-state index in [-0.39, 0.29) is 11.8 Å². The number of hydrogen-bond donors (Lipinski definition) is 1. The maximum atomic E-state index is 11.8. The van der Waals surface area contributed by atoms with Gasteiger partial charge in [-0.3, -0.25) is 9.59 Å². The van der Waals surface area contributed by atoms with Gasteiger partial charge in [0.2, 0.25) is 11.4 Å². The van der Waals surface area contributed by atoms with Crippen molar-refractivity contribution in [2.75, 3.05) is 0 Å². The molecule has 0 aromatic rings. The van der Waals surface area contributed by atoms with Crippen molar-refractivity contribution in [2.24, 2.45) is 11.8 Å². The average Bonchev–Trinajstić information content (AvgIpc) is 2.46. The molecule has 0 bridgehead atoms. The summed E-state index contributed by atoms with van der Waals surface area (Å²) in [5.41, 5.74) is -1.20. The second-order valence-corrected chi connectivity index (χ2v) is 5.25. The zero-order valence-electron chi connectivity index (χ0n) is 10.9. The van der Waals surface area contributed by atoms with E-state index >= 15 is 0 Å². The second-order valence-electron chi connectivity index (χ2n) is 5.25. The van der Waals surface area contributed by atoms with Crippen molar-refractivity contribution in [2.45, 2.75) is 45.4 Å². The quantitative estimate of drug-likeness (QED) is 0.718. The summed E-state index contributed by atoms with van der Waals surface area (Å²) in [6, 6.07) is 0. The normalized spacial score (nSPS) is 35.4. The molecule has 2 aliphatic heterocycles. The zero-order valence-corrected chi connectivity index (χ0v) is 10.9. The van der Waals surface area contributed by atoms with Crippen molar-refractivity contribution in [1.82, 2.24) is 5.32 Å². The topological polar surface area (TPSA) is 81.7 Å². The molecule has 2 rings (SSSR count). The van der Waals surface area contributed by atoms with Gasteiger partial charge in [-0.2, -0.15) is 0 Å². The van der Waals surface area contributed by atoms with Crippen molar-refractivity contribution in [3.63, 3.8) is 0 Å². The number of carbonyl (C=O) groups is 3. The van der Waals surface area contributed by atoms with Crippen LogP contribution in [0.3, 0.4) is 0 Å². The first-order valence-electron chi connectivity index (χ1n) is 6.01. The molecule has 4 atom stereocenters. The molecule has 2 saturated heterocycles. The first-order valence-corrected chi connectivity index (χ1v) is 6.01. The molecule has 6 heteroatoms. The van der Waals surface area contributed by atoms with Gasteiger partial charge in [-0.05, 0) is 12.8 Å². The lowest BCUT2D eigenvalue weighted by molar-refractivity contribution is -0.212. The number of amides is 1. The third-order valence-electron chi connectivity index (χ3n) is 3.57. The number of carbonyl (C=O) groups excluding carboxylic acids is 3. The monoisotopic (exact) mass is 255 g/mol. The van der Waals surface area contributed by atoms with Gasteiger partial charge < -0.3 is 14.8 Å². The lowest BCUT2D eigenvalue weighted by Crippen LogP contribution is -2.74. The van der Waals surface area contributed by atoms with E-state index in [4.69, 9.17) is 9.47 Å². The third-order valence-corrected chi connectivity index (χ3v) is 3.57. The van der Waals surface area contributed by atoms with Crippen LogP contribution in [-0.4, -0.2) is 35.6 Å². The molecule has 1 amide bonds. The minimum atomic E-state index is -1.20. The summed E-state index contributed by atoms with van der Waals surface area (Å²) in [7, 11) is 0. The van der Waals surface area contributed by atoms with Crippen LogP contribution in [0.2, 0.25) is 0 Å². The number of hydrogen-bond acceptors (Lipinski definition) is 5. The van der Waals surface area contributed by atoms with Gasteiger partial charge in [-0.15, -0.1) is 0 Å². The molecule has 0 saturated carbocycles. The molecule has 2 aliphatic rings. The highest BCUT2D eigenvalue weighted by molar-refractivity contribution is 6.00. The van der Waals surface area contributed by atoms with Crippen LogP contribution in [0.5, 0.6) is 0 Å². The van der Waals surface area contributed by atoms with E-state index in [0.29, 0.717) is 0 Å². The lowest BCUT2D eigenvalue weighted by atomic mass is 9.76. The van der Waals surface area contributed by atoms with Gasteiger partial charge in [-0.25, -0.2) is 4.79 Å². The summed E-state index contributed by atoms with van der Waals surface area (Å²) >= 11 is 0. The predicted octanol–water partition coefficient (Wildman–Crippen LogP) is 0.00420. The SMILES string of the molecule is CC(=O)O[C@@H](C(C)C)[C@@]12NC(=O)[C@H](C)[C@@H]1OC2=O. The highest BCUT2D eigenvalue weighted by Crippen LogP contribution is 2.43. The van der Waals surface area contributed by atoms with Crippen LogP contribution >= 0.6 is 0 Å². The molecule has 0 aromatic carbocycles. The van der Waals surface area contributed by atoms with Gasteiger partial charge in [0, 0.05) is 6.92 Å². The van der Waals surface area contributed by atoms with Gasteiger partial charge in [0.15, 0.2) is 6.10 Å². The van der Waals surface area contributed by atoms with Gasteiger partial charge in [-0.1, -0.05) is 13.8 Å². The maximum Gasteiger partial charge on any atom is 0.340 e. The predicted molar refractivity (Wildman–Crippen MR) is 60.3 cm³/mol. The van der Waals surface area contributed by atoms with Crippen LogP contribution in [0.1, 0.15) is 27.7 Å². The molecule has 2 heterocycles. The van der Waals surface area contributed by atoms with Crippen LogP contribution in [0.15, 0.2) is 0 Å². The molecule has 6 nitrogen and oxygen atoms in total. The van der Waals surface area contributed by atoms with Crippen LogP contribution < -0.4 is 5.32 Å².